The van der Waals surface area contributed by atoms with Crippen molar-refractivity contribution in [3.63, 3.8) is 0 Å². The molecule has 1 aromatic rings. The van der Waals surface area contributed by atoms with Crippen LogP contribution in [-0.2, 0) is 30.3 Å². The molecular weight excluding hydrogens is 519 g/mol. The molecule has 174 valence electrons. The summed E-state index contributed by atoms with van der Waals surface area (Å²) in [5.41, 5.74) is 0.823. The quantitative estimate of drug-likeness (QED) is 0.323. The number of β-lactam (4-membered cyclic amide) rings is 1. The van der Waals surface area contributed by atoms with Crippen LogP contribution in [0, 0.1) is 0 Å². The number of amides is 2. The number of fused-ring (bicyclic) bond motifs is 1. The van der Waals surface area contributed by atoms with E-state index in [1.54, 1.807) is 6.92 Å². The van der Waals surface area contributed by atoms with Gasteiger partial charge in [-0.25, -0.2) is 4.79 Å². The molecule has 3 rings (SSSR count). The molecule has 2 aliphatic heterocycles. The first-order chi connectivity index (χ1) is 14.9. The summed E-state index contributed by atoms with van der Waals surface area (Å²) in [7, 11) is 0. The van der Waals surface area contributed by atoms with E-state index in [1.807, 2.05) is 30.3 Å². The van der Waals surface area contributed by atoms with E-state index in [9.17, 15) is 19.2 Å². The third kappa shape index (κ3) is 5.86. The Morgan fingerprint density at radius 1 is 1.25 bits per heavy atom. The van der Waals surface area contributed by atoms with Gasteiger partial charge in [-0.2, -0.15) is 0 Å². The number of hydrogen-bond donors (Lipinski definition) is 1. The molecule has 0 bridgehead atoms. The molecule has 2 fully saturated rings. The fourth-order valence-electron chi connectivity index (χ4n) is 3.61. The van der Waals surface area contributed by atoms with Crippen LogP contribution in [0.4, 0.5) is 0 Å². The summed E-state index contributed by atoms with van der Waals surface area (Å²) in [6.45, 7) is 2.73. The molecule has 2 heterocycles. The molecule has 0 aliphatic carbocycles. The van der Waals surface area contributed by atoms with Crippen LogP contribution in [0.5, 0.6) is 0 Å². The molecule has 12 heteroatoms. The number of hydrogen-bond acceptors (Lipinski definition) is 7. The molecule has 3 unspecified atom stereocenters. The molecule has 4 atom stereocenters. The lowest BCUT2D eigenvalue weighted by molar-refractivity contribution is -0.164. The van der Waals surface area contributed by atoms with Gasteiger partial charge in [-0.05, 0) is 12.5 Å². The van der Waals surface area contributed by atoms with Crippen LogP contribution in [0.15, 0.2) is 30.3 Å². The number of halogens is 3. The zero-order valence-electron chi connectivity index (χ0n) is 17.2. The van der Waals surface area contributed by atoms with Gasteiger partial charge >= 0.3 is 5.97 Å². The molecule has 1 aromatic carbocycles. The molecule has 7 nitrogen and oxygen atoms in total. The molecule has 32 heavy (non-hydrogen) atoms. The molecule has 2 saturated heterocycles. The third-order valence-corrected chi connectivity index (χ3v) is 8.32. The number of esters is 1. The lowest BCUT2D eigenvalue weighted by atomic mass is 9.95. The van der Waals surface area contributed by atoms with E-state index >= 15 is 0 Å². The highest BCUT2D eigenvalue weighted by Gasteiger charge is 2.66. The topological polar surface area (TPSA) is 92.8 Å². The second kappa shape index (κ2) is 10.0. The highest BCUT2D eigenvalue weighted by atomic mass is 35.6. The Bertz CT molecular complexity index is 914. The van der Waals surface area contributed by atoms with E-state index in [-0.39, 0.29) is 23.2 Å². The molecule has 1 N–H and O–H groups in total. The monoisotopic (exact) mass is 538 g/mol. The first kappa shape index (κ1) is 25.5. The minimum atomic E-state index is -1.79. The second-order valence-corrected chi connectivity index (χ2v) is 13.0. The maximum Gasteiger partial charge on any atom is 0.330 e. The van der Waals surface area contributed by atoms with E-state index in [0.717, 1.165) is 17.3 Å². The van der Waals surface area contributed by atoms with Crippen molar-refractivity contribution in [3.8, 4) is 0 Å². The van der Waals surface area contributed by atoms with Gasteiger partial charge in [-0.3, -0.25) is 14.4 Å². The second-order valence-electron chi connectivity index (χ2n) is 7.68. The molecule has 2 amide bonds. The van der Waals surface area contributed by atoms with Crippen LogP contribution < -0.4 is 5.32 Å². The third-order valence-electron chi connectivity index (χ3n) is 5.01. The predicted molar refractivity (Wildman–Crippen MR) is 127 cm³/mol. The van der Waals surface area contributed by atoms with Gasteiger partial charge in [0.25, 0.3) is 0 Å². The summed E-state index contributed by atoms with van der Waals surface area (Å²) < 4.78 is 2.54. The lowest BCUT2D eigenvalue weighted by Gasteiger charge is -2.44. The smallest absolute Gasteiger partial charge is 0.330 e. The Morgan fingerprint density at radius 2 is 1.91 bits per heavy atom. The van der Waals surface area contributed by atoms with Crippen molar-refractivity contribution in [1.82, 2.24) is 10.2 Å². The van der Waals surface area contributed by atoms with E-state index in [4.69, 9.17) is 39.5 Å². The highest BCUT2D eigenvalue weighted by molar-refractivity contribution is 8.14. The average molecular weight is 540 g/mol. The molecule has 2 aliphatic rings. The molecule has 0 spiro atoms. The number of nitrogens with zero attached hydrogens (tertiary/aromatic N) is 1. The lowest BCUT2D eigenvalue weighted by Crippen LogP contribution is -2.71. The number of ether oxygens (including phenoxy) is 1. The van der Waals surface area contributed by atoms with E-state index in [2.05, 4.69) is 5.32 Å². The van der Waals surface area contributed by atoms with Gasteiger partial charge < -0.3 is 15.0 Å². The van der Waals surface area contributed by atoms with E-state index in [1.165, 1.54) is 23.6 Å². The van der Waals surface area contributed by atoms with Gasteiger partial charge in [0.05, 0.1) is 11.2 Å². The van der Waals surface area contributed by atoms with Crippen LogP contribution in [0.1, 0.15) is 19.4 Å². The Morgan fingerprint density at radius 3 is 2.50 bits per heavy atom. The predicted octanol–water partition coefficient (Wildman–Crippen LogP) is 2.95. The Balaban J connectivity index is 1.73. The molecule has 0 saturated carbocycles. The summed E-state index contributed by atoms with van der Waals surface area (Å²) in [5, 5.41) is 2.18. The number of benzene rings is 1. The van der Waals surface area contributed by atoms with E-state index < -0.39 is 44.5 Å². The average Bonchev–Trinajstić information content (AvgIpc) is 2.99. The minimum Gasteiger partial charge on any atom is -0.460 e. The Kier molecular flexibility index (Phi) is 7.97. The summed E-state index contributed by atoms with van der Waals surface area (Å²) in [6.07, 6.45) is 0.133. The standard InChI is InChI=1S/C20H21Cl3N2O5S2/c1-11(26)31-10-19(2)15(18(29)30-9-20(21,22)23)25-16(28)14(17(25)32-19)24-13(27)8-12-6-4-3-5-7-12/h3-7,14-15,17H,8-10H2,1-2H3,(H,24,27)/t14?,15?,17-,19?/m0/s1. The fourth-order valence-corrected chi connectivity index (χ4v) is 6.42. The first-order valence-corrected chi connectivity index (χ1v) is 12.6. The number of thioether (sulfide) groups is 2. The van der Waals surface area contributed by atoms with Crippen molar-refractivity contribution >= 4 is 81.2 Å². The van der Waals surface area contributed by atoms with Gasteiger partial charge in [0, 0.05) is 12.7 Å². The molecule has 0 aromatic heterocycles. The summed E-state index contributed by atoms with van der Waals surface area (Å²) in [6, 6.07) is 7.41. The van der Waals surface area contributed by atoms with Crippen molar-refractivity contribution in [1.29, 1.82) is 0 Å². The van der Waals surface area contributed by atoms with Crippen LogP contribution in [-0.4, -0.2) is 66.2 Å². The summed E-state index contributed by atoms with van der Waals surface area (Å²) in [5.74, 6) is -1.14. The van der Waals surface area contributed by atoms with Crippen LogP contribution in [0.3, 0.4) is 0 Å². The van der Waals surface area contributed by atoms with Crippen LogP contribution >= 0.6 is 58.3 Å². The normalized spacial score (nSPS) is 26.8. The van der Waals surface area contributed by atoms with Crippen molar-refractivity contribution < 1.29 is 23.9 Å². The van der Waals surface area contributed by atoms with Gasteiger partial charge in [0.1, 0.15) is 24.1 Å². The maximum atomic E-state index is 12.9. The number of rotatable bonds is 7. The highest BCUT2D eigenvalue weighted by Crippen LogP contribution is 2.52. The van der Waals surface area contributed by atoms with Crippen molar-refractivity contribution in [2.24, 2.45) is 0 Å². The fraction of sp³-hybridized carbons (Fsp3) is 0.500. The first-order valence-electron chi connectivity index (χ1n) is 9.61. The maximum absolute atomic E-state index is 12.9. The largest absolute Gasteiger partial charge is 0.460 e. The SMILES string of the molecule is CC(=O)SCC1(C)S[C@H]2C(NC(=O)Cc3ccccc3)C(=O)N2C1C(=O)OCC(Cl)(Cl)Cl. The number of carbonyl (C=O) groups excluding carboxylic acids is 4. The van der Waals surface area contributed by atoms with Gasteiger partial charge in [0.2, 0.25) is 15.6 Å². The van der Waals surface area contributed by atoms with Crippen molar-refractivity contribution in [2.45, 2.75) is 46.3 Å². The van der Waals surface area contributed by atoms with Crippen molar-refractivity contribution in [2.75, 3.05) is 12.4 Å². The molecule has 0 radical (unpaired) electrons. The van der Waals surface area contributed by atoms with Crippen LogP contribution in [0.2, 0.25) is 0 Å². The molecular formula is C20H21Cl3N2O5S2. The minimum absolute atomic E-state index is 0.117. The zero-order valence-corrected chi connectivity index (χ0v) is 21.1. The van der Waals surface area contributed by atoms with Gasteiger partial charge in [-0.1, -0.05) is 76.9 Å². The van der Waals surface area contributed by atoms with Gasteiger partial charge in [-0.15, -0.1) is 11.8 Å². The van der Waals surface area contributed by atoms with Crippen molar-refractivity contribution in [3.05, 3.63) is 35.9 Å². The van der Waals surface area contributed by atoms with E-state index in [0.29, 0.717) is 0 Å². The Hall–Kier alpha value is -1.13. The number of alkyl halides is 3. The number of carbonyl (C=O) groups is 4. The van der Waals surface area contributed by atoms with Crippen LogP contribution in [0.25, 0.3) is 0 Å². The zero-order chi connectivity index (χ0) is 23.7. The Labute approximate surface area is 209 Å². The summed E-state index contributed by atoms with van der Waals surface area (Å²) in [4.78, 5) is 51.2. The number of nitrogens with one attached hydrogen (secondary N) is 1. The summed E-state index contributed by atoms with van der Waals surface area (Å²) >= 11 is 19.5. The van der Waals surface area contributed by atoms with Gasteiger partial charge in [0.15, 0.2) is 5.12 Å².